The van der Waals surface area contributed by atoms with Crippen LogP contribution in [0, 0.1) is 0 Å². The summed E-state index contributed by atoms with van der Waals surface area (Å²) < 4.78 is 5.04. The molecular formula is C15H23Cl2N3O. The molecule has 0 bridgehead atoms. The Morgan fingerprint density at radius 1 is 1.38 bits per heavy atom. The highest BCUT2D eigenvalue weighted by Gasteiger charge is 2.21. The topological polar surface area (TPSA) is 59.6 Å². The van der Waals surface area contributed by atoms with Gasteiger partial charge in [0.1, 0.15) is 0 Å². The van der Waals surface area contributed by atoms with Gasteiger partial charge >= 0.3 is 0 Å². The average Bonchev–Trinajstić information content (AvgIpc) is 2.40. The molecule has 0 amide bonds. The second kappa shape index (κ2) is 7.87. The van der Waals surface area contributed by atoms with Crippen molar-refractivity contribution in [3.8, 4) is 0 Å². The number of rotatable bonds is 6. The molecule has 1 rings (SSSR count). The first-order valence-electron chi connectivity index (χ1n) is 6.77. The molecule has 4 nitrogen and oxygen atoms in total. The molecule has 6 heteroatoms. The third-order valence-corrected chi connectivity index (χ3v) is 3.90. The third kappa shape index (κ3) is 5.73. The van der Waals surface area contributed by atoms with Crippen molar-refractivity contribution >= 4 is 29.2 Å². The Bertz CT molecular complexity index is 504. The van der Waals surface area contributed by atoms with Crippen LogP contribution in [0.25, 0.3) is 0 Å². The number of aliphatic imine (C=N–C) groups is 1. The minimum atomic E-state index is -0.189. The first-order chi connectivity index (χ1) is 9.76. The zero-order valence-electron chi connectivity index (χ0n) is 12.9. The maximum atomic E-state index is 6.07. The maximum absolute atomic E-state index is 6.07. The first-order valence-corrected chi connectivity index (χ1v) is 7.53. The summed E-state index contributed by atoms with van der Waals surface area (Å²) in [7, 11) is 1.65. The highest BCUT2D eigenvalue weighted by Crippen LogP contribution is 2.30. The number of ether oxygens (including phenoxy) is 1. The zero-order chi connectivity index (χ0) is 16.0. The molecule has 0 aliphatic heterocycles. The summed E-state index contributed by atoms with van der Waals surface area (Å²) in [6, 6.07) is 5.75. The number of nitrogens with two attached hydrogens (primary N) is 1. The molecule has 0 aliphatic rings. The fourth-order valence-corrected chi connectivity index (χ4v) is 2.18. The summed E-state index contributed by atoms with van der Waals surface area (Å²) in [5.41, 5.74) is 6.76. The van der Waals surface area contributed by atoms with Crippen molar-refractivity contribution in [2.45, 2.75) is 32.2 Å². The van der Waals surface area contributed by atoms with E-state index in [9.17, 15) is 0 Å². The molecule has 118 valence electrons. The van der Waals surface area contributed by atoms with E-state index in [0.717, 1.165) is 5.56 Å². The highest BCUT2D eigenvalue weighted by molar-refractivity contribution is 6.42. The van der Waals surface area contributed by atoms with Gasteiger partial charge in [0.2, 0.25) is 0 Å². The summed E-state index contributed by atoms with van der Waals surface area (Å²) in [5, 5.41) is 4.18. The van der Waals surface area contributed by atoms with Crippen LogP contribution in [0.3, 0.4) is 0 Å². The molecular weight excluding hydrogens is 309 g/mol. The highest BCUT2D eigenvalue weighted by atomic mass is 35.5. The number of guanidine groups is 1. The Kier molecular flexibility index (Phi) is 6.78. The van der Waals surface area contributed by atoms with Crippen LogP contribution in [-0.4, -0.2) is 32.3 Å². The van der Waals surface area contributed by atoms with E-state index in [-0.39, 0.29) is 11.5 Å². The van der Waals surface area contributed by atoms with Crippen molar-refractivity contribution in [3.63, 3.8) is 0 Å². The molecule has 0 aliphatic carbocycles. The third-order valence-electron chi connectivity index (χ3n) is 3.16. The van der Waals surface area contributed by atoms with Gasteiger partial charge in [0.05, 0.1) is 23.2 Å². The van der Waals surface area contributed by atoms with E-state index in [1.54, 1.807) is 13.2 Å². The van der Waals surface area contributed by atoms with Gasteiger partial charge in [0, 0.05) is 18.6 Å². The molecule has 0 fully saturated rings. The van der Waals surface area contributed by atoms with E-state index >= 15 is 0 Å². The quantitative estimate of drug-likeness (QED) is 0.621. The lowest BCUT2D eigenvalue weighted by atomic mass is 9.85. The molecule has 0 heterocycles. The van der Waals surface area contributed by atoms with Crippen LogP contribution in [0.5, 0.6) is 0 Å². The number of nitrogens with zero attached hydrogens (tertiary/aromatic N) is 1. The van der Waals surface area contributed by atoms with E-state index in [2.05, 4.69) is 24.2 Å². The Hall–Kier alpha value is -0.970. The van der Waals surface area contributed by atoms with Crippen LogP contribution in [0.4, 0.5) is 0 Å². The predicted octanol–water partition coefficient (Wildman–Crippen LogP) is 3.21. The smallest absolute Gasteiger partial charge is 0.188 e. The number of nitrogens with one attached hydrogen (secondary N) is 1. The van der Waals surface area contributed by atoms with Crippen molar-refractivity contribution in [2.75, 3.05) is 20.3 Å². The van der Waals surface area contributed by atoms with Gasteiger partial charge in [-0.2, -0.15) is 0 Å². The summed E-state index contributed by atoms with van der Waals surface area (Å²) in [4.78, 5) is 4.40. The van der Waals surface area contributed by atoms with Crippen molar-refractivity contribution in [1.82, 2.24) is 5.32 Å². The Balaban J connectivity index is 2.73. The van der Waals surface area contributed by atoms with Crippen LogP contribution in [0.15, 0.2) is 23.2 Å². The van der Waals surface area contributed by atoms with E-state index in [0.29, 0.717) is 29.2 Å². The molecule has 1 atom stereocenters. The molecule has 21 heavy (non-hydrogen) atoms. The Morgan fingerprint density at radius 3 is 2.62 bits per heavy atom. The number of methoxy groups -OCH3 is 1. The number of hydrogen-bond acceptors (Lipinski definition) is 2. The minimum Gasteiger partial charge on any atom is -0.383 e. The largest absolute Gasteiger partial charge is 0.383 e. The van der Waals surface area contributed by atoms with Crippen LogP contribution in [-0.2, 0) is 10.2 Å². The maximum Gasteiger partial charge on any atom is 0.188 e. The molecule has 0 aromatic heterocycles. The van der Waals surface area contributed by atoms with Gasteiger partial charge in [-0.05, 0) is 24.6 Å². The summed E-state index contributed by atoms with van der Waals surface area (Å²) in [6.07, 6.45) is 0. The Morgan fingerprint density at radius 2 is 2.05 bits per heavy atom. The summed E-state index contributed by atoms with van der Waals surface area (Å²) in [6.45, 7) is 7.27. The van der Waals surface area contributed by atoms with Crippen LogP contribution >= 0.6 is 23.2 Å². The van der Waals surface area contributed by atoms with Crippen LogP contribution < -0.4 is 11.1 Å². The fraction of sp³-hybridized carbons (Fsp3) is 0.533. The lowest BCUT2D eigenvalue weighted by molar-refractivity contribution is 0.179. The van der Waals surface area contributed by atoms with Gasteiger partial charge in [-0.25, -0.2) is 0 Å². The molecule has 1 aromatic carbocycles. The molecule has 0 saturated carbocycles. The second-order valence-corrected chi connectivity index (χ2v) is 6.53. The van der Waals surface area contributed by atoms with Crippen molar-refractivity contribution in [1.29, 1.82) is 0 Å². The summed E-state index contributed by atoms with van der Waals surface area (Å²) >= 11 is 12.0. The first kappa shape index (κ1) is 18.1. The molecule has 1 aromatic rings. The van der Waals surface area contributed by atoms with Crippen molar-refractivity contribution < 1.29 is 4.74 Å². The van der Waals surface area contributed by atoms with Gasteiger partial charge in [-0.15, -0.1) is 0 Å². The second-order valence-electron chi connectivity index (χ2n) is 5.71. The van der Waals surface area contributed by atoms with Gasteiger partial charge in [0.25, 0.3) is 0 Å². The monoisotopic (exact) mass is 331 g/mol. The van der Waals surface area contributed by atoms with Crippen molar-refractivity contribution in [3.05, 3.63) is 33.8 Å². The zero-order valence-corrected chi connectivity index (χ0v) is 14.4. The van der Waals surface area contributed by atoms with Crippen LogP contribution in [0.1, 0.15) is 26.3 Å². The average molecular weight is 332 g/mol. The SMILES string of the molecule is COCC(C)NC(N)=NCC(C)(C)c1ccc(Cl)c(Cl)c1. The van der Waals surface area contributed by atoms with Crippen molar-refractivity contribution in [2.24, 2.45) is 10.7 Å². The Labute approximate surface area is 136 Å². The molecule has 1 unspecified atom stereocenters. The number of hydrogen-bond donors (Lipinski definition) is 2. The lowest BCUT2D eigenvalue weighted by Crippen LogP contribution is -2.41. The molecule has 0 radical (unpaired) electrons. The normalized spacial score (nSPS) is 14.1. The fourth-order valence-electron chi connectivity index (χ4n) is 1.88. The van der Waals surface area contributed by atoms with E-state index in [1.807, 2.05) is 19.1 Å². The van der Waals surface area contributed by atoms with E-state index in [4.69, 9.17) is 33.7 Å². The van der Waals surface area contributed by atoms with Crippen LogP contribution in [0.2, 0.25) is 10.0 Å². The van der Waals surface area contributed by atoms with Gasteiger partial charge < -0.3 is 15.8 Å². The lowest BCUT2D eigenvalue weighted by Gasteiger charge is -2.24. The number of benzene rings is 1. The van der Waals surface area contributed by atoms with E-state index in [1.165, 1.54) is 0 Å². The van der Waals surface area contributed by atoms with Gasteiger partial charge in [0.15, 0.2) is 5.96 Å². The molecule has 0 saturated heterocycles. The number of halogens is 2. The predicted molar refractivity (Wildman–Crippen MR) is 90.5 cm³/mol. The minimum absolute atomic E-state index is 0.117. The molecule has 0 spiro atoms. The summed E-state index contributed by atoms with van der Waals surface area (Å²) in [5.74, 6) is 0.410. The standard InChI is InChI=1S/C15H23Cl2N3O/c1-10(8-21-4)20-14(18)19-9-15(2,3)11-5-6-12(16)13(17)7-11/h5-7,10H,8-9H2,1-4H3,(H3,18,19,20). The van der Waals surface area contributed by atoms with E-state index < -0.39 is 0 Å². The van der Waals surface area contributed by atoms with Gasteiger partial charge in [-0.3, -0.25) is 4.99 Å². The molecule has 3 N–H and O–H groups in total. The van der Waals surface area contributed by atoms with Gasteiger partial charge in [-0.1, -0.05) is 43.1 Å².